The lowest BCUT2D eigenvalue weighted by Crippen LogP contribution is -2.28. The molecule has 1 heterocycles. The van der Waals surface area contributed by atoms with Gasteiger partial charge in [-0.05, 0) is 30.3 Å². The van der Waals surface area contributed by atoms with E-state index in [1.54, 1.807) is 54.6 Å². The zero-order chi connectivity index (χ0) is 23.1. The van der Waals surface area contributed by atoms with E-state index >= 15 is 0 Å². The van der Waals surface area contributed by atoms with E-state index in [2.05, 4.69) is 5.32 Å². The summed E-state index contributed by atoms with van der Waals surface area (Å²) in [6.07, 6.45) is 1.48. The summed E-state index contributed by atoms with van der Waals surface area (Å²) in [7, 11) is 0. The molecule has 0 unspecified atom stereocenters. The minimum Gasteiger partial charge on any atom is -0.491 e. The highest BCUT2D eigenvalue weighted by molar-refractivity contribution is 5.98. The Morgan fingerprint density at radius 1 is 0.938 bits per heavy atom. The second-order valence-corrected chi connectivity index (χ2v) is 6.91. The molecule has 3 aromatic rings. The summed E-state index contributed by atoms with van der Waals surface area (Å²) >= 11 is 0. The van der Waals surface area contributed by atoms with Crippen LogP contribution in [0.5, 0.6) is 5.75 Å². The molecule has 1 aromatic heterocycles. The van der Waals surface area contributed by atoms with Gasteiger partial charge in [0.2, 0.25) is 5.78 Å². The third kappa shape index (κ3) is 5.60. The predicted molar refractivity (Wildman–Crippen MR) is 119 cm³/mol. The van der Waals surface area contributed by atoms with Crippen molar-refractivity contribution in [2.24, 2.45) is 11.5 Å². The molecule has 9 nitrogen and oxygen atoms in total. The van der Waals surface area contributed by atoms with E-state index in [1.807, 2.05) is 0 Å². The van der Waals surface area contributed by atoms with Crippen LogP contribution in [0.25, 0.3) is 0 Å². The third-order valence-electron chi connectivity index (χ3n) is 4.63. The van der Waals surface area contributed by atoms with Crippen LogP contribution in [-0.4, -0.2) is 36.5 Å². The van der Waals surface area contributed by atoms with Crippen LogP contribution in [0.3, 0.4) is 0 Å². The van der Waals surface area contributed by atoms with E-state index in [9.17, 15) is 9.59 Å². The van der Waals surface area contributed by atoms with E-state index < -0.39 is 0 Å². The molecule has 0 spiro atoms. The lowest BCUT2D eigenvalue weighted by molar-refractivity contribution is 0.0946. The molecular formula is C23H23N5O4. The van der Waals surface area contributed by atoms with E-state index in [-0.39, 0.29) is 48.7 Å². The smallest absolute Gasteiger partial charge is 0.251 e. The van der Waals surface area contributed by atoms with Gasteiger partial charge in [-0.25, -0.2) is 0 Å². The molecule has 1 amide bonds. The quantitative estimate of drug-likeness (QED) is 0.142. The van der Waals surface area contributed by atoms with E-state index in [0.717, 1.165) is 0 Å². The predicted octanol–water partition coefficient (Wildman–Crippen LogP) is 2.08. The van der Waals surface area contributed by atoms with Crippen LogP contribution in [0.2, 0.25) is 0 Å². The first-order chi connectivity index (χ1) is 15.3. The number of nitrogen functional groups attached to an aromatic ring is 2. The number of hydrogen-bond donors (Lipinski definition) is 5. The fraction of sp³-hybridized carbons (Fsp3) is 0.130. The van der Waals surface area contributed by atoms with Gasteiger partial charge in [-0.2, -0.15) is 0 Å². The van der Waals surface area contributed by atoms with Crippen molar-refractivity contribution >= 4 is 23.4 Å². The summed E-state index contributed by atoms with van der Waals surface area (Å²) in [5, 5.41) is 17.8. The van der Waals surface area contributed by atoms with Gasteiger partial charge >= 0.3 is 0 Å². The number of furan rings is 1. The van der Waals surface area contributed by atoms with Gasteiger partial charge in [0.1, 0.15) is 24.0 Å². The Labute approximate surface area is 184 Å². The Morgan fingerprint density at radius 2 is 1.59 bits per heavy atom. The first-order valence-corrected chi connectivity index (χ1v) is 9.74. The zero-order valence-corrected chi connectivity index (χ0v) is 17.2. The molecule has 32 heavy (non-hydrogen) atoms. The highest BCUT2D eigenvalue weighted by atomic mass is 16.5. The summed E-state index contributed by atoms with van der Waals surface area (Å²) in [5.41, 5.74) is 13.0. The first kappa shape index (κ1) is 22.3. The fourth-order valence-corrected chi connectivity index (χ4v) is 2.93. The topological polar surface area (TPSA) is 168 Å². The molecule has 2 aromatic carbocycles. The molecule has 164 valence electrons. The number of amidine groups is 2. The molecule has 0 fully saturated rings. The zero-order valence-electron chi connectivity index (χ0n) is 17.2. The highest BCUT2D eigenvalue weighted by Gasteiger charge is 2.15. The number of nitrogens with two attached hydrogens (primary N) is 2. The second kappa shape index (κ2) is 10.1. The fourth-order valence-electron chi connectivity index (χ4n) is 2.93. The summed E-state index contributed by atoms with van der Waals surface area (Å²) in [6, 6.07) is 14.5. The number of ketones is 1. The summed E-state index contributed by atoms with van der Waals surface area (Å²) in [6.45, 7) is 0.351. The highest BCUT2D eigenvalue weighted by Crippen LogP contribution is 2.22. The number of ether oxygens (including phenoxy) is 1. The molecule has 0 saturated carbocycles. The SMILES string of the molecule is N=C(N)c1ccc(C(=O)NCCOc2cc(C(=N)N)ccc2CC(=O)c2ccco2)cc1. The van der Waals surface area contributed by atoms with E-state index in [4.69, 9.17) is 31.4 Å². The molecule has 0 radical (unpaired) electrons. The van der Waals surface area contributed by atoms with Crippen molar-refractivity contribution in [3.63, 3.8) is 0 Å². The van der Waals surface area contributed by atoms with Gasteiger partial charge < -0.3 is 25.9 Å². The number of rotatable bonds is 10. The summed E-state index contributed by atoms with van der Waals surface area (Å²) in [4.78, 5) is 24.7. The molecule has 0 bridgehead atoms. The average Bonchev–Trinajstić information content (AvgIpc) is 3.32. The molecule has 0 atom stereocenters. The molecule has 0 saturated heterocycles. The number of nitrogens with one attached hydrogen (secondary N) is 3. The Kier molecular flexibility index (Phi) is 7.02. The van der Waals surface area contributed by atoms with Crippen LogP contribution in [0.15, 0.2) is 65.3 Å². The molecular weight excluding hydrogens is 410 g/mol. The van der Waals surface area contributed by atoms with Crippen LogP contribution in [0, 0.1) is 10.8 Å². The minimum atomic E-state index is -0.297. The van der Waals surface area contributed by atoms with Crippen molar-refractivity contribution in [3.05, 3.63) is 88.9 Å². The van der Waals surface area contributed by atoms with Crippen molar-refractivity contribution in [1.82, 2.24) is 5.32 Å². The number of Topliss-reactive ketones (excluding diaryl/α,β-unsaturated/α-hetero) is 1. The van der Waals surface area contributed by atoms with Crippen LogP contribution in [0.1, 0.15) is 37.6 Å². The molecule has 0 aliphatic carbocycles. The maximum absolute atomic E-state index is 12.4. The number of amides is 1. The van der Waals surface area contributed by atoms with Crippen molar-refractivity contribution in [1.29, 1.82) is 10.8 Å². The maximum Gasteiger partial charge on any atom is 0.251 e. The lowest BCUT2D eigenvalue weighted by atomic mass is 10.0. The van der Waals surface area contributed by atoms with Crippen molar-refractivity contribution in [2.45, 2.75) is 6.42 Å². The van der Waals surface area contributed by atoms with Crippen molar-refractivity contribution < 1.29 is 18.7 Å². The van der Waals surface area contributed by atoms with Crippen molar-refractivity contribution in [3.8, 4) is 5.75 Å². The summed E-state index contributed by atoms with van der Waals surface area (Å²) < 4.78 is 10.9. The minimum absolute atomic E-state index is 0.0515. The second-order valence-electron chi connectivity index (χ2n) is 6.91. The molecule has 7 N–H and O–H groups in total. The van der Waals surface area contributed by atoms with Gasteiger partial charge in [-0.15, -0.1) is 0 Å². The van der Waals surface area contributed by atoms with Gasteiger partial charge in [0.15, 0.2) is 5.76 Å². The number of hydrogen-bond acceptors (Lipinski definition) is 6. The normalized spacial score (nSPS) is 10.4. The average molecular weight is 433 g/mol. The third-order valence-corrected chi connectivity index (χ3v) is 4.63. The number of carbonyl (C=O) groups excluding carboxylic acids is 2. The molecule has 3 rings (SSSR count). The summed E-state index contributed by atoms with van der Waals surface area (Å²) in [5.74, 6) is -0.0555. The van der Waals surface area contributed by atoms with Gasteiger partial charge in [0.25, 0.3) is 5.91 Å². The van der Waals surface area contributed by atoms with Gasteiger partial charge in [-0.1, -0.05) is 24.3 Å². The van der Waals surface area contributed by atoms with E-state index in [0.29, 0.717) is 28.0 Å². The number of benzene rings is 2. The van der Waals surface area contributed by atoms with Gasteiger partial charge in [-0.3, -0.25) is 20.4 Å². The molecule has 9 heteroatoms. The first-order valence-electron chi connectivity index (χ1n) is 9.74. The van der Waals surface area contributed by atoms with Crippen LogP contribution in [0.4, 0.5) is 0 Å². The Morgan fingerprint density at radius 3 is 2.22 bits per heavy atom. The molecule has 0 aliphatic heterocycles. The van der Waals surface area contributed by atoms with Crippen molar-refractivity contribution in [2.75, 3.05) is 13.2 Å². The monoisotopic (exact) mass is 433 g/mol. The van der Waals surface area contributed by atoms with Crippen LogP contribution >= 0.6 is 0 Å². The lowest BCUT2D eigenvalue weighted by Gasteiger charge is -2.13. The van der Waals surface area contributed by atoms with Crippen LogP contribution < -0.4 is 21.5 Å². The van der Waals surface area contributed by atoms with Crippen LogP contribution in [-0.2, 0) is 6.42 Å². The van der Waals surface area contributed by atoms with Gasteiger partial charge in [0, 0.05) is 28.7 Å². The standard InChI is InChI=1S/C23H23N5O4/c24-21(25)14-3-5-15(6-4-14)23(30)28-9-11-32-20-13-17(22(26)27)8-7-16(20)12-18(29)19-2-1-10-31-19/h1-8,10,13H,9,11-12H2,(H3,24,25)(H3,26,27)(H,28,30). The maximum atomic E-state index is 12.4. The molecule has 0 aliphatic rings. The van der Waals surface area contributed by atoms with E-state index in [1.165, 1.54) is 6.26 Å². The number of carbonyl (C=O) groups is 2. The van der Waals surface area contributed by atoms with Gasteiger partial charge in [0.05, 0.1) is 12.8 Å². The Bertz CT molecular complexity index is 1140. The largest absolute Gasteiger partial charge is 0.491 e. The Hall–Kier alpha value is -4.40. The Balaban J connectivity index is 1.61.